The molecular weight excluding hydrogens is 306 g/mol. The molecule has 0 aliphatic carbocycles. The fourth-order valence-corrected chi connectivity index (χ4v) is 2.18. The van der Waals surface area contributed by atoms with Crippen molar-refractivity contribution in [2.45, 2.75) is 80.1 Å². The summed E-state index contributed by atoms with van der Waals surface area (Å²) in [5.41, 5.74) is 3.67. The predicted octanol–water partition coefficient (Wildman–Crippen LogP) is 7.24. The molecule has 25 heavy (non-hydrogen) atoms. The number of phenolic OH excluding ortho intramolecular Hbond substituents is 1. The van der Waals surface area contributed by atoms with Gasteiger partial charge in [0.2, 0.25) is 0 Å². The second kappa shape index (κ2) is 9.60. The van der Waals surface area contributed by atoms with Crippen LogP contribution in [0.3, 0.4) is 0 Å². The summed E-state index contributed by atoms with van der Waals surface area (Å²) >= 11 is 0. The summed E-state index contributed by atoms with van der Waals surface area (Å²) in [5.74, 6) is 0.278. The number of aromatic hydroxyl groups is 1. The van der Waals surface area contributed by atoms with Crippen LogP contribution in [-0.4, -0.2) is 11.3 Å². The molecule has 2 heteroatoms. The molecule has 1 aromatic rings. The Bertz CT molecular complexity index is 635. The van der Waals surface area contributed by atoms with E-state index in [1.54, 1.807) is 6.21 Å². The van der Waals surface area contributed by atoms with Crippen LogP contribution < -0.4 is 0 Å². The maximum absolute atomic E-state index is 10.7. The highest BCUT2D eigenvalue weighted by Crippen LogP contribution is 2.41. The first-order valence-electron chi connectivity index (χ1n) is 9.18. The van der Waals surface area contributed by atoms with Crippen molar-refractivity contribution in [3.8, 4) is 5.75 Å². The molecule has 0 aliphatic heterocycles. The predicted molar refractivity (Wildman–Crippen MR) is 114 cm³/mol. The van der Waals surface area contributed by atoms with Crippen molar-refractivity contribution < 1.29 is 5.11 Å². The van der Waals surface area contributed by atoms with Crippen LogP contribution in [0.5, 0.6) is 5.75 Å². The van der Waals surface area contributed by atoms with E-state index in [2.05, 4.69) is 52.6 Å². The van der Waals surface area contributed by atoms with Crippen LogP contribution in [0.25, 0.3) is 0 Å². The second-order valence-corrected chi connectivity index (χ2v) is 8.09. The quantitative estimate of drug-likeness (QED) is 0.455. The number of hydrogen-bond donors (Lipinski definition) is 1. The van der Waals surface area contributed by atoms with Gasteiger partial charge in [0, 0.05) is 11.8 Å². The van der Waals surface area contributed by atoms with Gasteiger partial charge in [0.1, 0.15) is 11.4 Å². The molecule has 0 amide bonds. The molecule has 0 saturated carbocycles. The molecule has 1 N–H and O–H groups in total. The van der Waals surface area contributed by atoms with Crippen LogP contribution in [0.2, 0.25) is 0 Å². The minimum absolute atomic E-state index is 0.00774. The Morgan fingerprint density at radius 2 is 1.56 bits per heavy atom. The largest absolute Gasteiger partial charge is 0.505 e. The van der Waals surface area contributed by atoms with Crippen molar-refractivity contribution in [2.75, 3.05) is 0 Å². The first-order valence-corrected chi connectivity index (χ1v) is 9.18. The van der Waals surface area contributed by atoms with Gasteiger partial charge in [-0.1, -0.05) is 79.7 Å². The van der Waals surface area contributed by atoms with Gasteiger partial charge in [0.15, 0.2) is 0 Å². The van der Waals surface area contributed by atoms with Gasteiger partial charge in [-0.05, 0) is 41.9 Å². The molecule has 140 valence electrons. The minimum Gasteiger partial charge on any atom is -0.505 e. The van der Waals surface area contributed by atoms with Gasteiger partial charge in [-0.3, -0.25) is 4.99 Å². The van der Waals surface area contributed by atoms with Crippen molar-refractivity contribution in [1.29, 1.82) is 0 Å². The van der Waals surface area contributed by atoms with Crippen LogP contribution in [0.1, 0.15) is 80.4 Å². The number of hydrogen-bond acceptors (Lipinski definition) is 2. The fraction of sp³-hybridized carbons (Fsp3) is 0.522. The Balaban J connectivity index is 0.00000277. The Kier molecular flexibility index (Phi) is 8.90. The molecule has 0 fully saturated rings. The third-order valence-corrected chi connectivity index (χ3v) is 3.72. The molecule has 2 nitrogen and oxygen atoms in total. The smallest absolute Gasteiger partial charge is 0.144 e. The number of rotatable bonds is 3. The summed E-state index contributed by atoms with van der Waals surface area (Å²) in [7, 11) is 0. The van der Waals surface area contributed by atoms with Crippen LogP contribution >= 0.6 is 0 Å². The molecule has 0 heterocycles. The molecule has 0 saturated heterocycles. The molecule has 0 atom stereocenters. The zero-order chi connectivity index (χ0) is 19.8. The molecule has 1 rings (SSSR count). The maximum atomic E-state index is 10.7. The van der Waals surface area contributed by atoms with Gasteiger partial charge in [0.25, 0.3) is 0 Å². The monoisotopic (exact) mass is 343 g/mol. The lowest BCUT2D eigenvalue weighted by atomic mass is 9.80. The first kappa shape index (κ1) is 23.2. The average molecular weight is 344 g/mol. The number of aliphatic imine (C=N–C) groups is 1. The van der Waals surface area contributed by atoms with Crippen molar-refractivity contribution in [1.82, 2.24) is 0 Å². The van der Waals surface area contributed by atoms with E-state index >= 15 is 0 Å². The first-order chi connectivity index (χ1) is 11.5. The third kappa shape index (κ3) is 7.29. The SMILES string of the molecule is C/C=C\C=C(/C)C=Nc1cc(C(C)(C)C)cc(C(C)(C)C)c1O.CC. The highest BCUT2D eigenvalue weighted by molar-refractivity contribution is 5.82. The fourth-order valence-electron chi connectivity index (χ4n) is 2.18. The van der Waals surface area contributed by atoms with E-state index in [9.17, 15) is 5.11 Å². The number of benzene rings is 1. The molecule has 0 spiro atoms. The van der Waals surface area contributed by atoms with E-state index in [-0.39, 0.29) is 16.6 Å². The summed E-state index contributed by atoms with van der Waals surface area (Å²) in [6, 6.07) is 4.10. The van der Waals surface area contributed by atoms with E-state index < -0.39 is 0 Å². The van der Waals surface area contributed by atoms with Crippen LogP contribution in [0.15, 0.2) is 40.9 Å². The van der Waals surface area contributed by atoms with Gasteiger partial charge < -0.3 is 5.11 Å². The van der Waals surface area contributed by atoms with E-state index in [0.717, 1.165) is 11.1 Å². The van der Waals surface area contributed by atoms with E-state index in [0.29, 0.717) is 5.69 Å². The standard InChI is InChI=1S/C21H31NO.C2H6/c1-9-10-11-15(2)14-22-18-13-16(20(3,4)5)12-17(19(18)23)21(6,7)8;1-2/h9-14,23H,1-8H3;1-2H3/b10-9-,15-11+,22-14?;. The molecule has 0 unspecified atom stereocenters. The third-order valence-electron chi connectivity index (χ3n) is 3.72. The summed E-state index contributed by atoms with van der Waals surface area (Å²) in [6.45, 7) is 20.8. The van der Waals surface area contributed by atoms with E-state index in [1.165, 1.54) is 5.56 Å². The van der Waals surface area contributed by atoms with Gasteiger partial charge in [0.05, 0.1) is 0 Å². The van der Waals surface area contributed by atoms with Crippen molar-refractivity contribution in [3.63, 3.8) is 0 Å². The number of nitrogens with zero attached hydrogens (tertiary/aromatic N) is 1. The lowest BCUT2D eigenvalue weighted by Gasteiger charge is -2.26. The highest BCUT2D eigenvalue weighted by atomic mass is 16.3. The van der Waals surface area contributed by atoms with Gasteiger partial charge in [-0.25, -0.2) is 0 Å². The highest BCUT2D eigenvalue weighted by Gasteiger charge is 2.24. The Labute approximate surface area is 155 Å². The van der Waals surface area contributed by atoms with Gasteiger partial charge >= 0.3 is 0 Å². The van der Waals surface area contributed by atoms with Crippen LogP contribution in [0.4, 0.5) is 5.69 Å². The van der Waals surface area contributed by atoms with E-state index in [4.69, 9.17) is 0 Å². The van der Waals surface area contributed by atoms with Crippen LogP contribution in [-0.2, 0) is 10.8 Å². The Hall–Kier alpha value is -1.83. The summed E-state index contributed by atoms with van der Waals surface area (Å²) in [6.07, 6.45) is 7.76. The molecule has 0 radical (unpaired) electrons. The molecular formula is C23H37NO. The molecule has 1 aromatic carbocycles. The average Bonchev–Trinajstić information content (AvgIpc) is 2.51. The Morgan fingerprint density at radius 1 is 1.00 bits per heavy atom. The summed E-state index contributed by atoms with van der Waals surface area (Å²) in [5, 5.41) is 10.7. The van der Waals surface area contributed by atoms with Crippen molar-refractivity contribution in [2.24, 2.45) is 4.99 Å². The van der Waals surface area contributed by atoms with Gasteiger partial charge in [-0.15, -0.1) is 0 Å². The molecule has 0 bridgehead atoms. The lowest BCUT2D eigenvalue weighted by molar-refractivity contribution is 0.446. The summed E-state index contributed by atoms with van der Waals surface area (Å²) in [4.78, 5) is 4.53. The number of allylic oxidation sites excluding steroid dienone is 4. The second-order valence-electron chi connectivity index (χ2n) is 8.09. The van der Waals surface area contributed by atoms with Crippen LogP contribution in [0, 0.1) is 0 Å². The maximum Gasteiger partial charge on any atom is 0.144 e. The number of phenols is 1. The normalized spacial score (nSPS) is 13.3. The lowest BCUT2D eigenvalue weighted by Crippen LogP contribution is -2.16. The van der Waals surface area contributed by atoms with Crippen molar-refractivity contribution >= 4 is 11.9 Å². The van der Waals surface area contributed by atoms with Crippen molar-refractivity contribution in [3.05, 3.63) is 47.1 Å². The zero-order valence-electron chi connectivity index (χ0n) is 17.9. The Morgan fingerprint density at radius 3 is 2.00 bits per heavy atom. The molecule has 0 aromatic heterocycles. The van der Waals surface area contributed by atoms with E-state index in [1.807, 2.05) is 52.0 Å². The molecule has 0 aliphatic rings. The zero-order valence-corrected chi connectivity index (χ0v) is 17.9. The minimum atomic E-state index is -0.133. The summed E-state index contributed by atoms with van der Waals surface area (Å²) < 4.78 is 0. The topological polar surface area (TPSA) is 32.6 Å². The van der Waals surface area contributed by atoms with Gasteiger partial charge in [-0.2, -0.15) is 0 Å².